The summed E-state index contributed by atoms with van der Waals surface area (Å²) >= 11 is 6.09. The number of rotatable bonds is 4. The van der Waals surface area contributed by atoms with Crippen molar-refractivity contribution in [2.75, 3.05) is 36.0 Å². The number of anilines is 2. The highest BCUT2D eigenvalue weighted by Gasteiger charge is 2.33. The van der Waals surface area contributed by atoms with E-state index in [1.165, 1.54) is 6.33 Å². The predicted molar refractivity (Wildman–Crippen MR) is 110 cm³/mol. The van der Waals surface area contributed by atoms with E-state index in [1.807, 2.05) is 30.0 Å². The Labute approximate surface area is 180 Å². The summed E-state index contributed by atoms with van der Waals surface area (Å²) in [7, 11) is 0. The number of hydrogen-bond donors (Lipinski definition) is 0. The maximum absolute atomic E-state index is 12.7. The molecule has 164 valence electrons. The Morgan fingerprint density at radius 2 is 1.81 bits per heavy atom. The van der Waals surface area contributed by atoms with Crippen molar-refractivity contribution in [3.05, 3.63) is 63.6 Å². The van der Waals surface area contributed by atoms with E-state index in [1.54, 1.807) is 0 Å². The van der Waals surface area contributed by atoms with Gasteiger partial charge >= 0.3 is 11.9 Å². The quantitative estimate of drug-likeness (QED) is 0.605. The molecule has 8 nitrogen and oxygen atoms in total. The molecule has 1 aliphatic heterocycles. The zero-order valence-electron chi connectivity index (χ0n) is 16.6. The molecule has 0 atom stereocenters. The van der Waals surface area contributed by atoms with Crippen LogP contribution in [0, 0.1) is 6.92 Å². The van der Waals surface area contributed by atoms with Crippen LogP contribution in [-0.2, 0) is 12.8 Å². The number of nitrogens with zero attached hydrogens (tertiary/aromatic N) is 7. The van der Waals surface area contributed by atoms with Gasteiger partial charge in [0, 0.05) is 43.1 Å². The fourth-order valence-corrected chi connectivity index (χ4v) is 3.45. The number of piperazine rings is 1. The van der Waals surface area contributed by atoms with Crippen molar-refractivity contribution in [3.63, 3.8) is 0 Å². The number of benzene rings is 1. The van der Waals surface area contributed by atoms with Crippen LogP contribution in [0.15, 0.2) is 41.6 Å². The van der Waals surface area contributed by atoms with Crippen LogP contribution in [0.3, 0.4) is 0 Å². The molecule has 0 radical (unpaired) electrons. The van der Waals surface area contributed by atoms with Crippen molar-refractivity contribution in [1.29, 1.82) is 0 Å². The normalized spacial score (nSPS) is 14.9. The van der Waals surface area contributed by atoms with E-state index in [2.05, 4.69) is 20.0 Å². The van der Waals surface area contributed by atoms with E-state index in [0.29, 0.717) is 19.0 Å². The number of aromatic nitrogens is 5. The zero-order valence-corrected chi connectivity index (χ0v) is 17.3. The highest BCUT2D eigenvalue weighted by atomic mass is 35.5. The summed E-state index contributed by atoms with van der Waals surface area (Å²) in [5, 5.41) is 4.15. The SMILES string of the molecule is Cc1cc(N2CCN(c3ncn(Cn4ccc(C(F)(F)F)n4)c(=O)n3)CC2)ccc1Cl. The number of aryl methyl sites for hydroxylation is 1. The van der Waals surface area contributed by atoms with E-state index < -0.39 is 17.6 Å². The maximum Gasteiger partial charge on any atom is 0.435 e. The average Bonchev–Trinajstić information content (AvgIpc) is 3.21. The molecule has 3 heterocycles. The lowest BCUT2D eigenvalue weighted by Gasteiger charge is -2.36. The molecule has 2 aromatic heterocycles. The molecule has 1 fully saturated rings. The van der Waals surface area contributed by atoms with E-state index in [9.17, 15) is 18.0 Å². The van der Waals surface area contributed by atoms with Crippen molar-refractivity contribution in [2.45, 2.75) is 19.8 Å². The van der Waals surface area contributed by atoms with Crippen LogP contribution in [0.5, 0.6) is 0 Å². The Hall–Kier alpha value is -3.08. The largest absolute Gasteiger partial charge is 0.435 e. The third-order valence-electron chi connectivity index (χ3n) is 5.05. The molecule has 4 rings (SSSR count). The van der Waals surface area contributed by atoms with Gasteiger partial charge in [0.2, 0.25) is 5.95 Å². The predicted octanol–water partition coefficient (Wildman–Crippen LogP) is 2.65. The standard InChI is InChI=1S/C19H19ClF3N7O/c1-13-10-14(2-3-15(13)20)27-6-8-28(9-7-27)17-24-11-29(18(31)25-17)12-30-5-4-16(26-30)19(21,22)23/h2-5,10-11H,6-9,12H2,1H3. The maximum atomic E-state index is 12.7. The summed E-state index contributed by atoms with van der Waals surface area (Å²) in [5.74, 6) is 0.296. The molecule has 0 amide bonds. The fourth-order valence-electron chi connectivity index (χ4n) is 3.34. The van der Waals surface area contributed by atoms with Crippen molar-refractivity contribution in [1.82, 2.24) is 24.3 Å². The van der Waals surface area contributed by atoms with E-state index in [-0.39, 0.29) is 6.67 Å². The van der Waals surface area contributed by atoms with Gasteiger partial charge in [-0.05, 0) is 36.8 Å². The Balaban J connectivity index is 1.41. The van der Waals surface area contributed by atoms with Crippen LogP contribution in [0.4, 0.5) is 24.8 Å². The lowest BCUT2D eigenvalue weighted by atomic mass is 10.2. The van der Waals surface area contributed by atoms with Gasteiger partial charge in [0.05, 0.1) is 0 Å². The van der Waals surface area contributed by atoms with Crippen LogP contribution in [0.1, 0.15) is 11.3 Å². The Bertz CT molecular complexity index is 1140. The number of alkyl halides is 3. The highest BCUT2D eigenvalue weighted by molar-refractivity contribution is 6.31. The van der Waals surface area contributed by atoms with Gasteiger partial charge in [0.15, 0.2) is 5.69 Å². The minimum atomic E-state index is -4.54. The van der Waals surface area contributed by atoms with Crippen LogP contribution in [-0.4, -0.2) is 50.5 Å². The molecule has 0 aliphatic carbocycles. The summed E-state index contributed by atoms with van der Waals surface area (Å²) in [6.45, 7) is 4.44. The molecule has 12 heteroatoms. The van der Waals surface area contributed by atoms with Crippen molar-refractivity contribution in [3.8, 4) is 0 Å². The first-order valence-corrected chi connectivity index (χ1v) is 9.89. The van der Waals surface area contributed by atoms with Gasteiger partial charge in [-0.25, -0.2) is 9.78 Å². The first-order chi connectivity index (χ1) is 14.7. The van der Waals surface area contributed by atoms with Crippen LogP contribution in [0.25, 0.3) is 0 Å². The average molecular weight is 454 g/mol. The van der Waals surface area contributed by atoms with E-state index in [4.69, 9.17) is 11.6 Å². The minimum Gasteiger partial charge on any atom is -0.368 e. The lowest BCUT2D eigenvalue weighted by Crippen LogP contribution is -2.47. The Morgan fingerprint density at radius 1 is 1.10 bits per heavy atom. The van der Waals surface area contributed by atoms with Gasteiger partial charge in [-0.15, -0.1) is 0 Å². The summed E-state index contributed by atoms with van der Waals surface area (Å²) < 4.78 is 40.1. The molecular weight excluding hydrogens is 435 g/mol. The zero-order chi connectivity index (χ0) is 22.2. The molecule has 0 saturated carbocycles. The molecule has 1 aliphatic rings. The lowest BCUT2D eigenvalue weighted by molar-refractivity contribution is -0.141. The second-order valence-corrected chi connectivity index (χ2v) is 7.60. The summed E-state index contributed by atoms with van der Waals surface area (Å²) in [6.07, 6.45) is -2.11. The van der Waals surface area contributed by atoms with Crippen molar-refractivity contribution >= 4 is 23.2 Å². The summed E-state index contributed by atoms with van der Waals surface area (Å²) in [6, 6.07) is 6.73. The Morgan fingerprint density at radius 3 is 2.42 bits per heavy atom. The van der Waals surface area contributed by atoms with Crippen LogP contribution < -0.4 is 15.5 Å². The topological polar surface area (TPSA) is 72.1 Å². The molecule has 31 heavy (non-hydrogen) atoms. The monoisotopic (exact) mass is 453 g/mol. The molecule has 1 aromatic carbocycles. The van der Waals surface area contributed by atoms with Crippen molar-refractivity contribution in [2.24, 2.45) is 0 Å². The molecular formula is C19H19ClF3N7O. The third-order valence-corrected chi connectivity index (χ3v) is 5.48. The van der Waals surface area contributed by atoms with Crippen LogP contribution >= 0.6 is 11.6 Å². The molecule has 1 saturated heterocycles. The van der Waals surface area contributed by atoms with E-state index >= 15 is 0 Å². The fraction of sp³-hybridized carbons (Fsp3) is 0.368. The van der Waals surface area contributed by atoms with Crippen molar-refractivity contribution < 1.29 is 13.2 Å². The second-order valence-electron chi connectivity index (χ2n) is 7.20. The third kappa shape index (κ3) is 4.66. The number of hydrogen-bond acceptors (Lipinski definition) is 6. The smallest absolute Gasteiger partial charge is 0.368 e. The highest BCUT2D eigenvalue weighted by Crippen LogP contribution is 2.27. The molecule has 0 N–H and O–H groups in total. The van der Waals surface area contributed by atoms with Gasteiger partial charge in [0.25, 0.3) is 0 Å². The summed E-state index contributed by atoms with van der Waals surface area (Å²) in [5.41, 5.74) is 0.458. The minimum absolute atomic E-state index is 0.209. The molecule has 0 spiro atoms. The molecule has 0 unspecified atom stereocenters. The first-order valence-electron chi connectivity index (χ1n) is 9.51. The summed E-state index contributed by atoms with van der Waals surface area (Å²) in [4.78, 5) is 24.7. The van der Waals surface area contributed by atoms with Gasteiger partial charge in [0.1, 0.15) is 13.0 Å². The first kappa shape index (κ1) is 21.2. The number of halogens is 4. The van der Waals surface area contributed by atoms with E-state index in [0.717, 1.165) is 50.9 Å². The second kappa shape index (κ2) is 8.22. The molecule has 0 bridgehead atoms. The van der Waals surface area contributed by atoms with Gasteiger partial charge in [-0.2, -0.15) is 23.3 Å². The molecule has 3 aromatic rings. The Kier molecular flexibility index (Phi) is 5.61. The van der Waals surface area contributed by atoms with Crippen LogP contribution in [0.2, 0.25) is 5.02 Å². The van der Waals surface area contributed by atoms with Gasteiger partial charge in [-0.1, -0.05) is 11.6 Å². The van der Waals surface area contributed by atoms with Gasteiger partial charge < -0.3 is 9.80 Å². The van der Waals surface area contributed by atoms with Gasteiger partial charge in [-0.3, -0.25) is 9.25 Å².